The topological polar surface area (TPSA) is 0 Å². The number of rotatable bonds is 5. The van der Waals surface area contributed by atoms with Gasteiger partial charge >= 0.3 is 174 Å². The quantitative estimate of drug-likeness (QED) is 0.417. The first-order valence-corrected chi connectivity index (χ1v) is 17.2. The van der Waals surface area contributed by atoms with E-state index in [9.17, 15) is 0 Å². The molecule has 3 rings (SSSR count). The van der Waals surface area contributed by atoms with Crippen LogP contribution in [0.3, 0.4) is 0 Å². The molecular formula is C23H27Cl2Zr. The zero-order valence-corrected chi connectivity index (χ0v) is 20.2. The van der Waals surface area contributed by atoms with Gasteiger partial charge in [0.2, 0.25) is 0 Å². The van der Waals surface area contributed by atoms with E-state index in [2.05, 4.69) is 77.1 Å². The summed E-state index contributed by atoms with van der Waals surface area (Å²) in [5.74, 6) is 0.993. The van der Waals surface area contributed by atoms with Crippen molar-refractivity contribution in [2.75, 3.05) is 0 Å². The fourth-order valence-electron chi connectivity index (χ4n) is 4.03. The average Bonchev–Trinajstić information content (AvgIpc) is 3.00. The van der Waals surface area contributed by atoms with Gasteiger partial charge in [-0.2, -0.15) is 0 Å². The molecule has 3 heteroatoms. The molecule has 0 spiro atoms. The van der Waals surface area contributed by atoms with Crippen molar-refractivity contribution in [2.24, 2.45) is 5.92 Å². The molecule has 0 N–H and O–H groups in total. The zero-order valence-electron chi connectivity index (χ0n) is 16.2. The van der Waals surface area contributed by atoms with Gasteiger partial charge in [-0.25, -0.2) is 0 Å². The van der Waals surface area contributed by atoms with Crippen LogP contribution >= 0.6 is 17.0 Å². The van der Waals surface area contributed by atoms with Gasteiger partial charge in [0.05, 0.1) is 0 Å². The van der Waals surface area contributed by atoms with Crippen LogP contribution in [0.25, 0.3) is 17.2 Å². The number of fused-ring (bicyclic) bond motifs is 1. The summed E-state index contributed by atoms with van der Waals surface area (Å²) in [5, 5.41) is 0. The Kier molecular flexibility index (Phi) is 6.54. The fourth-order valence-corrected chi connectivity index (χ4v) is 9.63. The molecule has 1 aliphatic carbocycles. The maximum absolute atomic E-state index is 6.66. The fraction of sp³-hybridized carbons (Fsp3) is 0.391. The van der Waals surface area contributed by atoms with E-state index in [1.54, 1.807) is 0 Å². The molecule has 1 aliphatic rings. The minimum absolute atomic E-state index is 0.287. The predicted molar refractivity (Wildman–Crippen MR) is 113 cm³/mol. The van der Waals surface area contributed by atoms with Crippen molar-refractivity contribution in [2.45, 2.75) is 50.6 Å². The third kappa shape index (κ3) is 3.65. The molecule has 2 aromatic carbocycles. The predicted octanol–water partition coefficient (Wildman–Crippen LogP) is 8.20. The molecule has 0 amide bonds. The minimum atomic E-state index is -2.48. The van der Waals surface area contributed by atoms with Gasteiger partial charge in [0, 0.05) is 0 Å². The van der Waals surface area contributed by atoms with E-state index in [0.29, 0.717) is 11.8 Å². The van der Waals surface area contributed by atoms with E-state index in [-0.39, 0.29) is 3.63 Å². The van der Waals surface area contributed by atoms with Gasteiger partial charge in [0.1, 0.15) is 0 Å². The molecule has 137 valence electrons. The van der Waals surface area contributed by atoms with Crippen molar-refractivity contribution in [3.8, 4) is 11.1 Å². The molecule has 0 aromatic heterocycles. The monoisotopic (exact) mass is 463 g/mol. The summed E-state index contributed by atoms with van der Waals surface area (Å²) in [6.07, 6.45) is 3.55. The van der Waals surface area contributed by atoms with E-state index < -0.39 is 19.4 Å². The van der Waals surface area contributed by atoms with E-state index >= 15 is 0 Å². The second kappa shape index (κ2) is 8.34. The Morgan fingerprint density at radius 3 is 2.31 bits per heavy atom. The Balaban J connectivity index is 2.32. The van der Waals surface area contributed by atoms with Crippen LogP contribution in [-0.2, 0) is 19.4 Å². The number of benzene rings is 2. The Morgan fingerprint density at radius 1 is 1.04 bits per heavy atom. The molecule has 0 saturated carbocycles. The van der Waals surface area contributed by atoms with Crippen LogP contribution < -0.4 is 0 Å². The van der Waals surface area contributed by atoms with Gasteiger partial charge in [0.25, 0.3) is 0 Å². The SMILES string of the molecule is CCC(C)C1=Cc2c(ccc(C(C)C)c2-c2ccccc2C)[CH]1[Zr]([Cl])[Cl]. The van der Waals surface area contributed by atoms with Crippen molar-refractivity contribution >= 4 is 23.1 Å². The summed E-state index contributed by atoms with van der Waals surface area (Å²) >= 11 is -2.48. The summed E-state index contributed by atoms with van der Waals surface area (Å²) in [6.45, 7) is 11.3. The van der Waals surface area contributed by atoms with Gasteiger partial charge in [-0.05, 0) is 0 Å². The Hall–Kier alpha value is -0.357. The summed E-state index contributed by atoms with van der Waals surface area (Å²) < 4.78 is 0.287. The Morgan fingerprint density at radius 2 is 1.73 bits per heavy atom. The Bertz CT molecular complexity index is 836. The molecule has 0 bridgehead atoms. The summed E-state index contributed by atoms with van der Waals surface area (Å²) in [4.78, 5) is 0. The number of hydrogen-bond acceptors (Lipinski definition) is 0. The van der Waals surface area contributed by atoms with Crippen LogP contribution in [-0.4, -0.2) is 0 Å². The molecule has 2 aromatic rings. The normalized spacial score (nSPS) is 17.2. The first-order valence-electron chi connectivity index (χ1n) is 9.48. The third-order valence-electron chi connectivity index (χ3n) is 5.70. The van der Waals surface area contributed by atoms with E-state index in [1.165, 1.54) is 39.0 Å². The van der Waals surface area contributed by atoms with Crippen LogP contribution in [0.5, 0.6) is 0 Å². The van der Waals surface area contributed by atoms with Gasteiger partial charge < -0.3 is 0 Å². The number of halogens is 2. The molecule has 0 aliphatic heterocycles. The molecule has 0 fully saturated rings. The number of aryl methyl sites for hydroxylation is 1. The van der Waals surface area contributed by atoms with Gasteiger partial charge in [-0.15, -0.1) is 0 Å². The molecule has 0 nitrogen and oxygen atoms in total. The summed E-state index contributed by atoms with van der Waals surface area (Å²) in [5.41, 5.74) is 9.64. The zero-order chi connectivity index (χ0) is 19.0. The second-order valence-corrected chi connectivity index (χ2v) is 16.5. The molecule has 0 radical (unpaired) electrons. The maximum atomic E-state index is 6.66. The summed E-state index contributed by atoms with van der Waals surface area (Å²) in [6, 6.07) is 13.3. The van der Waals surface area contributed by atoms with Crippen molar-refractivity contribution in [3.63, 3.8) is 0 Å². The summed E-state index contributed by atoms with van der Waals surface area (Å²) in [7, 11) is 13.3. The number of allylic oxidation sites excluding steroid dienone is 1. The van der Waals surface area contributed by atoms with Crippen LogP contribution in [0.1, 0.15) is 65.9 Å². The third-order valence-corrected chi connectivity index (χ3v) is 10.9. The van der Waals surface area contributed by atoms with Crippen LogP contribution in [0.2, 0.25) is 0 Å². The molecule has 2 unspecified atom stereocenters. The van der Waals surface area contributed by atoms with E-state index in [4.69, 9.17) is 17.0 Å². The van der Waals surface area contributed by atoms with E-state index in [1.807, 2.05) is 0 Å². The van der Waals surface area contributed by atoms with Gasteiger partial charge in [0.15, 0.2) is 0 Å². The molecular weight excluding hydrogens is 438 g/mol. The Labute approximate surface area is 173 Å². The van der Waals surface area contributed by atoms with Gasteiger partial charge in [-0.1, -0.05) is 0 Å². The van der Waals surface area contributed by atoms with Crippen molar-refractivity contribution < 1.29 is 19.4 Å². The first kappa shape index (κ1) is 20.4. The van der Waals surface area contributed by atoms with Crippen LogP contribution in [0, 0.1) is 12.8 Å². The van der Waals surface area contributed by atoms with Crippen molar-refractivity contribution in [1.82, 2.24) is 0 Å². The van der Waals surface area contributed by atoms with Crippen molar-refractivity contribution in [1.29, 1.82) is 0 Å². The number of hydrogen-bond donors (Lipinski definition) is 0. The van der Waals surface area contributed by atoms with Gasteiger partial charge in [-0.3, -0.25) is 0 Å². The molecule has 0 saturated heterocycles. The first-order chi connectivity index (χ1) is 12.4. The second-order valence-electron chi connectivity index (χ2n) is 7.68. The van der Waals surface area contributed by atoms with Crippen LogP contribution in [0.4, 0.5) is 0 Å². The standard InChI is InChI=1S/C23H27.2ClH.Zr/c1-6-16(4)19-13-18-11-12-20(15(2)3)23(22(18)14-19)21-10-8-7-9-17(21)5;;;/h7-16H,6H2,1-5H3;2*1H;/q;;;+2/p-2. The molecule has 0 heterocycles. The molecule has 26 heavy (non-hydrogen) atoms. The molecule has 2 atom stereocenters. The van der Waals surface area contributed by atoms with E-state index in [0.717, 1.165) is 6.42 Å². The average molecular weight is 466 g/mol. The van der Waals surface area contributed by atoms with Crippen molar-refractivity contribution in [3.05, 3.63) is 64.2 Å². The van der Waals surface area contributed by atoms with Crippen LogP contribution in [0.15, 0.2) is 42.0 Å².